The fourth-order valence-corrected chi connectivity index (χ4v) is 4.43. The van der Waals surface area contributed by atoms with Crippen molar-refractivity contribution in [3.8, 4) is 16.5 Å². The number of hydrogen-bond acceptors (Lipinski definition) is 6. The summed E-state index contributed by atoms with van der Waals surface area (Å²) in [5.41, 5.74) is 2.02. The third kappa shape index (κ3) is 4.91. The van der Waals surface area contributed by atoms with E-state index in [0.717, 1.165) is 53.6 Å². The molecular formula is C23H27N3O3S. The number of methoxy groups -OCH3 is 1. The Morgan fingerprint density at radius 2 is 2.17 bits per heavy atom. The van der Waals surface area contributed by atoms with Gasteiger partial charge in [0, 0.05) is 19.6 Å². The molecule has 3 aromatic rings. The summed E-state index contributed by atoms with van der Waals surface area (Å²) >= 11 is 1.62. The van der Waals surface area contributed by atoms with Gasteiger partial charge in [-0.15, -0.1) is 11.3 Å². The van der Waals surface area contributed by atoms with Crippen LogP contribution in [0.2, 0.25) is 0 Å². The maximum Gasteiger partial charge on any atom is 0.236 e. The molecule has 0 radical (unpaired) electrons. The molecule has 0 aliphatic carbocycles. The third-order valence-corrected chi connectivity index (χ3v) is 6.36. The highest BCUT2D eigenvalue weighted by Crippen LogP contribution is 2.27. The molecule has 30 heavy (non-hydrogen) atoms. The lowest BCUT2D eigenvalue weighted by Crippen LogP contribution is -2.42. The van der Waals surface area contributed by atoms with Gasteiger partial charge in [0.15, 0.2) is 0 Å². The first kappa shape index (κ1) is 20.6. The molecule has 1 N–H and O–H groups in total. The van der Waals surface area contributed by atoms with Crippen LogP contribution in [-0.4, -0.2) is 36.0 Å². The summed E-state index contributed by atoms with van der Waals surface area (Å²) in [6, 6.07) is 11.8. The minimum atomic E-state index is 0.000900. The molecular weight excluding hydrogens is 398 g/mol. The minimum absolute atomic E-state index is 0.000900. The highest BCUT2D eigenvalue weighted by Gasteiger charge is 2.27. The van der Waals surface area contributed by atoms with Crippen LogP contribution in [0.3, 0.4) is 0 Å². The monoisotopic (exact) mass is 425 g/mol. The summed E-state index contributed by atoms with van der Waals surface area (Å²) in [7, 11) is 1.65. The molecule has 1 atom stereocenters. The number of piperidine rings is 1. The topological polar surface area (TPSA) is 67.6 Å². The number of aryl methyl sites for hydroxylation is 1. The molecule has 0 spiro atoms. The second-order valence-electron chi connectivity index (χ2n) is 7.64. The Hall–Kier alpha value is -2.64. The van der Waals surface area contributed by atoms with Crippen LogP contribution in [0.5, 0.6) is 5.75 Å². The number of aromatic nitrogens is 1. The van der Waals surface area contributed by atoms with Crippen LogP contribution in [0.25, 0.3) is 10.8 Å². The number of hydrogen-bond donors (Lipinski definition) is 1. The Morgan fingerprint density at radius 3 is 2.90 bits per heavy atom. The van der Waals surface area contributed by atoms with Gasteiger partial charge in [0.1, 0.15) is 11.5 Å². The molecule has 0 saturated carbocycles. The Kier molecular flexibility index (Phi) is 6.50. The molecule has 1 aromatic carbocycles. The number of nitrogens with zero attached hydrogens (tertiary/aromatic N) is 2. The van der Waals surface area contributed by atoms with Gasteiger partial charge in [-0.25, -0.2) is 4.98 Å². The summed E-state index contributed by atoms with van der Waals surface area (Å²) in [5, 5.41) is 5.11. The van der Waals surface area contributed by atoms with E-state index in [2.05, 4.69) is 10.2 Å². The van der Waals surface area contributed by atoms with E-state index in [9.17, 15) is 4.79 Å². The van der Waals surface area contributed by atoms with Gasteiger partial charge in [0.05, 0.1) is 23.6 Å². The lowest BCUT2D eigenvalue weighted by Gasteiger charge is -2.31. The van der Waals surface area contributed by atoms with Crippen LogP contribution >= 0.6 is 11.3 Å². The number of carbonyl (C=O) groups is 1. The van der Waals surface area contributed by atoms with Crippen molar-refractivity contribution in [2.75, 3.05) is 20.2 Å². The van der Waals surface area contributed by atoms with E-state index in [-0.39, 0.29) is 11.8 Å². The fraction of sp³-hybridized carbons (Fsp3) is 0.391. The van der Waals surface area contributed by atoms with Gasteiger partial charge in [-0.2, -0.15) is 0 Å². The van der Waals surface area contributed by atoms with Gasteiger partial charge < -0.3 is 14.5 Å². The molecule has 1 aliphatic heterocycles. The van der Waals surface area contributed by atoms with Crippen molar-refractivity contribution in [2.45, 2.75) is 32.9 Å². The summed E-state index contributed by atoms with van der Waals surface area (Å²) in [4.78, 5) is 20.8. The molecule has 4 rings (SSSR count). The first-order chi connectivity index (χ1) is 14.6. The maximum atomic E-state index is 12.7. The molecule has 158 valence electrons. The molecule has 1 fully saturated rings. The zero-order chi connectivity index (χ0) is 20.9. The molecule has 1 aliphatic rings. The van der Waals surface area contributed by atoms with E-state index in [1.807, 2.05) is 48.7 Å². The van der Waals surface area contributed by atoms with Gasteiger partial charge in [-0.3, -0.25) is 9.69 Å². The molecule has 1 saturated heterocycles. The number of ether oxygens (including phenoxy) is 1. The normalized spacial score (nSPS) is 17.1. The van der Waals surface area contributed by atoms with Gasteiger partial charge in [0.25, 0.3) is 0 Å². The number of thiophene rings is 1. The molecule has 6 nitrogen and oxygen atoms in total. The van der Waals surface area contributed by atoms with Crippen molar-refractivity contribution >= 4 is 17.2 Å². The van der Waals surface area contributed by atoms with Gasteiger partial charge >= 0.3 is 0 Å². The smallest absolute Gasteiger partial charge is 0.236 e. The largest absolute Gasteiger partial charge is 0.497 e. The lowest BCUT2D eigenvalue weighted by molar-refractivity contribution is -0.127. The van der Waals surface area contributed by atoms with Crippen molar-refractivity contribution in [1.29, 1.82) is 0 Å². The van der Waals surface area contributed by atoms with Crippen LogP contribution in [0.1, 0.15) is 29.9 Å². The molecule has 3 heterocycles. The molecule has 2 aromatic heterocycles. The van der Waals surface area contributed by atoms with Crippen molar-refractivity contribution in [3.05, 3.63) is 58.8 Å². The number of rotatable bonds is 7. The lowest BCUT2D eigenvalue weighted by atomic mass is 9.97. The van der Waals surface area contributed by atoms with Crippen LogP contribution in [0.4, 0.5) is 0 Å². The number of nitrogens with one attached hydrogen (secondary N) is 1. The van der Waals surface area contributed by atoms with Gasteiger partial charge in [-0.05, 0) is 55.5 Å². The van der Waals surface area contributed by atoms with Crippen LogP contribution in [-0.2, 0) is 17.9 Å². The second kappa shape index (κ2) is 9.45. The van der Waals surface area contributed by atoms with Crippen molar-refractivity contribution in [1.82, 2.24) is 15.2 Å². The predicted octanol–water partition coefficient (Wildman–Crippen LogP) is 4.25. The van der Waals surface area contributed by atoms with E-state index in [1.165, 1.54) is 0 Å². The maximum absolute atomic E-state index is 12.7. The minimum Gasteiger partial charge on any atom is -0.497 e. The average Bonchev–Trinajstić information content (AvgIpc) is 3.43. The summed E-state index contributed by atoms with van der Waals surface area (Å²) < 4.78 is 11.0. The fourth-order valence-electron chi connectivity index (χ4n) is 3.78. The van der Waals surface area contributed by atoms with Crippen molar-refractivity contribution in [2.24, 2.45) is 5.92 Å². The van der Waals surface area contributed by atoms with Gasteiger partial charge in [-0.1, -0.05) is 18.2 Å². The van der Waals surface area contributed by atoms with Crippen LogP contribution in [0, 0.1) is 12.8 Å². The number of carbonyl (C=O) groups excluding carboxylic acids is 1. The third-order valence-electron chi connectivity index (χ3n) is 5.50. The number of amides is 1. The SMILES string of the molecule is COc1ccc(CNC(=O)C2CCCN(Cc3nc(-c4cccs4)oc3C)C2)cc1. The Labute approximate surface area is 180 Å². The summed E-state index contributed by atoms with van der Waals surface area (Å²) in [5.74, 6) is 2.47. The predicted molar refractivity (Wildman–Crippen MR) is 117 cm³/mol. The molecule has 0 bridgehead atoms. The van der Waals surface area contributed by atoms with Crippen LogP contribution < -0.4 is 10.1 Å². The highest BCUT2D eigenvalue weighted by molar-refractivity contribution is 7.13. The first-order valence-corrected chi connectivity index (χ1v) is 11.1. The quantitative estimate of drug-likeness (QED) is 0.613. The first-order valence-electron chi connectivity index (χ1n) is 10.3. The van der Waals surface area contributed by atoms with E-state index in [0.29, 0.717) is 19.0 Å². The van der Waals surface area contributed by atoms with E-state index in [4.69, 9.17) is 14.1 Å². The highest BCUT2D eigenvalue weighted by atomic mass is 32.1. The second-order valence-corrected chi connectivity index (χ2v) is 8.59. The number of oxazole rings is 1. The number of benzene rings is 1. The van der Waals surface area contributed by atoms with Crippen molar-refractivity contribution < 1.29 is 13.9 Å². The zero-order valence-corrected chi connectivity index (χ0v) is 18.2. The summed E-state index contributed by atoms with van der Waals surface area (Å²) in [6.07, 6.45) is 1.93. The summed E-state index contributed by atoms with van der Waals surface area (Å²) in [6.45, 7) is 4.93. The molecule has 7 heteroatoms. The van der Waals surface area contributed by atoms with E-state index >= 15 is 0 Å². The van der Waals surface area contributed by atoms with Crippen LogP contribution in [0.15, 0.2) is 46.2 Å². The van der Waals surface area contributed by atoms with E-state index in [1.54, 1.807) is 18.4 Å². The average molecular weight is 426 g/mol. The Balaban J connectivity index is 1.32. The van der Waals surface area contributed by atoms with Gasteiger partial charge in [0.2, 0.25) is 11.8 Å². The Morgan fingerprint density at radius 1 is 1.33 bits per heavy atom. The zero-order valence-electron chi connectivity index (χ0n) is 17.4. The molecule has 1 unspecified atom stereocenters. The molecule has 1 amide bonds. The van der Waals surface area contributed by atoms with Crippen molar-refractivity contribution in [3.63, 3.8) is 0 Å². The van der Waals surface area contributed by atoms with E-state index < -0.39 is 0 Å². The Bertz CT molecular complexity index is 966. The standard InChI is InChI=1S/C23H27N3O3S/c1-16-20(25-23(29-16)21-6-4-12-30-21)15-26-11-3-5-18(14-26)22(27)24-13-17-7-9-19(28-2)10-8-17/h4,6-10,12,18H,3,5,11,13-15H2,1-2H3,(H,24,27). The number of likely N-dealkylation sites (tertiary alicyclic amines) is 1.